The lowest BCUT2D eigenvalue weighted by molar-refractivity contribution is 1.12. The van der Waals surface area contributed by atoms with Gasteiger partial charge in [-0.05, 0) is 50.1 Å². The number of anilines is 1. The lowest BCUT2D eigenvalue weighted by atomic mass is 10.2. The molecule has 1 aromatic carbocycles. The van der Waals surface area contributed by atoms with Gasteiger partial charge in [0.1, 0.15) is 0 Å². The van der Waals surface area contributed by atoms with Crippen LogP contribution in [-0.4, -0.2) is 15.3 Å². The first kappa shape index (κ1) is 10.8. The Morgan fingerprint density at radius 3 is 2.87 bits per heavy atom. The predicted molar refractivity (Wildman–Crippen MR) is 71.9 cm³/mol. The zero-order valence-corrected chi connectivity index (χ0v) is 11.3. The summed E-state index contributed by atoms with van der Waals surface area (Å²) in [6.45, 7) is 0. The van der Waals surface area contributed by atoms with E-state index in [9.17, 15) is 0 Å². The summed E-state index contributed by atoms with van der Waals surface area (Å²) in [5.41, 5.74) is 7.16. The molecule has 2 rings (SSSR count). The molecule has 0 aliphatic rings. The van der Waals surface area contributed by atoms with Gasteiger partial charge in [0.2, 0.25) is 0 Å². The maximum atomic E-state index is 5.45. The fourth-order valence-electron chi connectivity index (χ4n) is 1.29. The highest BCUT2D eigenvalue weighted by Crippen LogP contribution is 2.35. The van der Waals surface area contributed by atoms with Gasteiger partial charge in [-0.15, -0.1) is 0 Å². The van der Waals surface area contributed by atoms with Crippen LogP contribution in [0, 0.1) is 0 Å². The van der Waals surface area contributed by atoms with E-state index in [4.69, 9.17) is 18.0 Å². The monoisotopic (exact) mass is 348 g/mol. The van der Waals surface area contributed by atoms with Crippen LogP contribution in [0.1, 0.15) is 0 Å². The zero-order valence-electron chi connectivity index (χ0n) is 7.34. The normalized spacial score (nSPS) is 10.5. The molecule has 0 unspecified atom stereocenters. The summed E-state index contributed by atoms with van der Waals surface area (Å²) in [4.78, 5) is 0. The van der Waals surface area contributed by atoms with Crippen molar-refractivity contribution in [3.8, 4) is 0 Å². The Morgan fingerprint density at radius 1 is 1.47 bits per heavy atom. The quantitative estimate of drug-likeness (QED) is 0.692. The Morgan fingerprint density at radius 2 is 2.20 bits per heavy atom. The van der Waals surface area contributed by atoms with E-state index in [0.29, 0.717) is 0 Å². The van der Waals surface area contributed by atoms with Crippen LogP contribution in [0.5, 0.6) is 0 Å². The van der Waals surface area contributed by atoms with Gasteiger partial charge < -0.3 is 11.1 Å². The summed E-state index contributed by atoms with van der Waals surface area (Å²) in [7, 11) is 0. The number of nitrogens with zero attached hydrogens (tertiary/aromatic N) is 1. The minimum absolute atomic E-state index is 0.223. The molecule has 4 N–H and O–H groups in total. The first-order valence-electron chi connectivity index (χ1n) is 3.97. The van der Waals surface area contributed by atoms with Crippen LogP contribution in [0.2, 0.25) is 0 Å². The Hall–Kier alpha value is -0.660. The number of rotatable bonds is 1. The molecule has 78 valence electrons. The highest BCUT2D eigenvalue weighted by Gasteiger charge is 2.11. The van der Waals surface area contributed by atoms with Gasteiger partial charge in [-0.1, -0.05) is 0 Å². The van der Waals surface area contributed by atoms with Crippen molar-refractivity contribution >= 4 is 65.8 Å². The molecule has 1 heterocycles. The molecule has 2 aromatic rings. The van der Waals surface area contributed by atoms with Gasteiger partial charge in [-0.25, -0.2) is 0 Å². The van der Waals surface area contributed by atoms with E-state index in [-0.39, 0.29) is 5.11 Å². The molecule has 1 aromatic heterocycles. The molecule has 0 aliphatic carbocycles. The second-order valence-electron chi connectivity index (χ2n) is 2.86. The van der Waals surface area contributed by atoms with Gasteiger partial charge in [-0.2, -0.15) is 5.10 Å². The molecule has 0 radical (unpaired) electrons. The fraction of sp³-hybridized carbons (Fsp3) is 0. The summed E-state index contributed by atoms with van der Waals surface area (Å²) >= 11 is 11.7. The Balaban J connectivity index is 2.71. The van der Waals surface area contributed by atoms with Gasteiger partial charge >= 0.3 is 0 Å². The topological polar surface area (TPSA) is 66.7 Å². The maximum Gasteiger partial charge on any atom is 0.168 e. The number of halogens is 2. The number of nitrogens with one attached hydrogen (secondary N) is 2. The highest BCUT2D eigenvalue weighted by molar-refractivity contribution is 9.11. The van der Waals surface area contributed by atoms with Crippen molar-refractivity contribution in [3.05, 3.63) is 21.2 Å². The minimum atomic E-state index is 0.223. The largest absolute Gasteiger partial charge is 0.376 e. The van der Waals surface area contributed by atoms with Crippen LogP contribution in [-0.2, 0) is 0 Å². The van der Waals surface area contributed by atoms with Gasteiger partial charge in [0.25, 0.3) is 0 Å². The number of benzene rings is 1. The van der Waals surface area contributed by atoms with Crippen molar-refractivity contribution in [2.75, 3.05) is 5.32 Å². The third kappa shape index (κ3) is 1.99. The van der Waals surface area contributed by atoms with E-state index in [2.05, 4.69) is 47.4 Å². The molecule has 0 fully saturated rings. The molecule has 0 amide bonds. The Labute approximate surface area is 108 Å². The van der Waals surface area contributed by atoms with Crippen molar-refractivity contribution in [3.63, 3.8) is 0 Å². The van der Waals surface area contributed by atoms with Crippen molar-refractivity contribution in [2.45, 2.75) is 0 Å². The number of H-pyrrole nitrogens is 1. The van der Waals surface area contributed by atoms with E-state index in [0.717, 1.165) is 25.5 Å². The van der Waals surface area contributed by atoms with E-state index < -0.39 is 0 Å². The minimum Gasteiger partial charge on any atom is -0.376 e. The van der Waals surface area contributed by atoms with Crippen LogP contribution in [0.3, 0.4) is 0 Å². The lowest BCUT2D eigenvalue weighted by Gasteiger charge is -2.08. The molecule has 0 spiro atoms. The Bertz CT molecular complexity index is 537. The number of hydrogen-bond acceptors (Lipinski definition) is 2. The van der Waals surface area contributed by atoms with Crippen LogP contribution < -0.4 is 11.1 Å². The van der Waals surface area contributed by atoms with Gasteiger partial charge in [-0.3, -0.25) is 5.10 Å². The van der Waals surface area contributed by atoms with Crippen molar-refractivity contribution in [1.82, 2.24) is 10.2 Å². The summed E-state index contributed by atoms with van der Waals surface area (Å²) in [5, 5.41) is 10.9. The third-order valence-electron chi connectivity index (χ3n) is 1.89. The molecule has 0 bridgehead atoms. The molecule has 0 saturated heterocycles. The number of thiocarbonyl (C=S) groups is 1. The number of hydrogen-bond donors (Lipinski definition) is 3. The number of nitrogens with two attached hydrogens (primary N) is 1. The first-order valence-corrected chi connectivity index (χ1v) is 5.96. The van der Waals surface area contributed by atoms with Gasteiger partial charge in [0.05, 0.1) is 17.4 Å². The third-order valence-corrected chi connectivity index (χ3v) is 3.24. The zero-order chi connectivity index (χ0) is 11.0. The smallest absolute Gasteiger partial charge is 0.168 e. The molecule has 0 saturated carbocycles. The number of aromatic amines is 1. The summed E-state index contributed by atoms with van der Waals surface area (Å²) in [6, 6.07) is 1.90. The van der Waals surface area contributed by atoms with Crippen molar-refractivity contribution in [2.24, 2.45) is 5.73 Å². The molecule has 0 atom stereocenters. The van der Waals surface area contributed by atoms with E-state index in [1.54, 1.807) is 6.20 Å². The van der Waals surface area contributed by atoms with Gasteiger partial charge in [0.15, 0.2) is 5.11 Å². The molecular formula is C8H6Br2N4S. The Kier molecular flexibility index (Phi) is 2.94. The van der Waals surface area contributed by atoms with E-state index in [1.807, 2.05) is 6.07 Å². The summed E-state index contributed by atoms with van der Waals surface area (Å²) in [5.74, 6) is 0. The molecule has 7 heteroatoms. The van der Waals surface area contributed by atoms with Gasteiger partial charge in [0, 0.05) is 14.3 Å². The number of aromatic nitrogens is 2. The predicted octanol–water partition coefficient (Wildman–Crippen LogP) is 2.74. The average Bonchev–Trinajstić information content (AvgIpc) is 2.60. The van der Waals surface area contributed by atoms with Crippen LogP contribution in [0.4, 0.5) is 5.69 Å². The SMILES string of the molecule is NC(=S)Nc1c(Br)cc(Br)c2[nH]ncc12. The van der Waals surface area contributed by atoms with E-state index in [1.165, 1.54) is 0 Å². The van der Waals surface area contributed by atoms with Crippen molar-refractivity contribution < 1.29 is 0 Å². The molecule has 4 nitrogen and oxygen atoms in total. The van der Waals surface area contributed by atoms with E-state index >= 15 is 0 Å². The second kappa shape index (κ2) is 4.07. The van der Waals surface area contributed by atoms with Crippen molar-refractivity contribution in [1.29, 1.82) is 0 Å². The second-order valence-corrected chi connectivity index (χ2v) is 5.01. The summed E-state index contributed by atoms with van der Waals surface area (Å²) < 4.78 is 1.80. The van der Waals surface area contributed by atoms with Crippen LogP contribution in [0.25, 0.3) is 10.9 Å². The molecular weight excluding hydrogens is 344 g/mol. The standard InChI is InChI=1S/C8H6Br2N4S/c9-4-1-5(10)7-3(2-12-14-7)6(4)13-8(11)15/h1-2H,(H,12,14)(H3,11,13,15). The average molecular weight is 350 g/mol. The fourth-order valence-corrected chi connectivity index (χ4v) is 2.77. The highest BCUT2D eigenvalue weighted by atomic mass is 79.9. The number of fused-ring (bicyclic) bond motifs is 1. The molecule has 15 heavy (non-hydrogen) atoms. The maximum absolute atomic E-state index is 5.45. The lowest BCUT2D eigenvalue weighted by Crippen LogP contribution is -2.19. The first-order chi connectivity index (χ1) is 7.09. The summed E-state index contributed by atoms with van der Waals surface area (Å²) in [6.07, 6.45) is 1.71. The van der Waals surface area contributed by atoms with Crippen LogP contribution >= 0.6 is 44.1 Å². The van der Waals surface area contributed by atoms with Crippen LogP contribution in [0.15, 0.2) is 21.2 Å². The molecule has 0 aliphatic heterocycles.